The van der Waals surface area contributed by atoms with E-state index in [1.165, 1.54) is 0 Å². The molecule has 2 amide bonds. The molecule has 0 radical (unpaired) electrons. The first-order valence-corrected chi connectivity index (χ1v) is 6.24. The minimum absolute atomic E-state index is 0.0587. The van der Waals surface area contributed by atoms with E-state index in [2.05, 4.69) is 12.6 Å². The van der Waals surface area contributed by atoms with Gasteiger partial charge in [0.15, 0.2) is 0 Å². The van der Waals surface area contributed by atoms with Crippen molar-refractivity contribution in [2.75, 3.05) is 12.3 Å². The molecule has 0 aromatic rings. The zero-order valence-corrected chi connectivity index (χ0v) is 11.5. The summed E-state index contributed by atoms with van der Waals surface area (Å²) < 4.78 is 0. The number of thiol groups is 1. The molecule has 2 atom stereocenters. The van der Waals surface area contributed by atoms with Crippen molar-refractivity contribution in [1.82, 2.24) is 4.90 Å². The molecule has 114 valence electrons. The standard InChI is InChI=1S/C10H17N3O6S/c11-5(10(18)19)1-2-7(14)13(3-8(15)16)9(17)6(12)4-20/h5-6,20H,1-4,11-12H2,(H,15,16)(H,18,19)/t5-,6-/m0/s1. The van der Waals surface area contributed by atoms with E-state index in [0.717, 1.165) is 0 Å². The van der Waals surface area contributed by atoms with E-state index >= 15 is 0 Å². The first-order chi connectivity index (χ1) is 9.20. The van der Waals surface area contributed by atoms with Crippen LogP contribution >= 0.6 is 12.6 Å². The molecular formula is C10H17N3O6S. The van der Waals surface area contributed by atoms with Gasteiger partial charge < -0.3 is 21.7 Å². The molecule has 0 saturated carbocycles. The van der Waals surface area contributed by atoms with Gasteiger partial charge in [-0.05, 0) is 6.42 Å². The summed E-state index contributed by atoms with van der Waals surface area (Å²) in [7, 11) is 0. The van der Waals surface area contributed by atoms with Crippen molar-refractivity contribution < 1.29 is 29.4 Å². The number of nitrogens with zero attached hydrogens (tertiary/aromatic N) is 1. The minimum Gasteiger partial charge on any atom is -0.480 e. The summed E-state index contributed by atoms with van der Waals surface area (Å²) in [4.78, 5) is 45.2. The number of aliphatic carboxylic acids is 2. The van der Waals surface area contributed by atoms with Crippen LogP contribution < -0.4 is 11.5 Å². The molecular weight excluding hydrogens is 290 g/mol. The Morgan fingerprint density at radius 2 is 1.65 bits per heavy atom. The molecule has 0 aromatic heterocycles. The molecule has 0 spiro atoms. The summed E-state index contributed by atoms with van der Waals surface area (Å²) >= 11 is 3.79. The SMILES string of the molecule is N[C@@H](CCC(=O)N(CC(=O)O)C(=O)[C@@H](N)CS)C(=O)O. The summed E-state index contributed by atoms with van der Waals surface area (Å²) in [6, 6.07) is -2.38. The van der Waals surface area contributed by atoms with E-state index in [-0.39, 0.29) is 18.6 Å². The van der Waals surface area contributed by atoms with Gasteiger partial charge in [0.25, 0.3) is 0 Å². The summed E-state index contributed by atoms with van der Waals surface area (Å²) in [5.74, 6) is -4.46. The number of rotatable bonds is 8. The van der Waals surface area contributed by atoms with Gasteiger partial charge in [-0.15, -0.1) is 0 Å². The Morgan fingerprint density at radius 3 is 2.05 bits per heavy atom. The van der Waals surface area contributed by atoms with Gasteiger partial charge in [-0.3, -0.25) is 24.1 Å². The molecule has 0 rings (SSSR count). The monoisotopic (exact) mass is 307 g/mol. The van der Waals surface area contributed by atoms with Gasteiger partial charge in [0, 0.05) is 12.2 Å². The van der Waals surface area contributed by atoms with Crippen LogP contribution in [0.4, 0.5) is 0 Å². The Morgan fingerprint density at radius 1 is 1.10 bits per heavy atom. The first kappa shape index (κ1) is 18.4. The van der Waals surface area contributed by atoms with Crippen molar-refractivity contribution in [3.63, 3.8) is 0 Å². The molecule has 0 aromatic carbocycles. The van der Waals surface area contributed by atoms with Crippen molar-refractivity contribution in [3.05, 3.63) is 0 Å². The number of nitrogens with two attached hydrogens (primary N) is 2. The number of imide groups is 1. The fourth-order valence-electron chi connectivity index (χ4n) is 1.24. The van der Waals surface area contributed by atoms with Gasteiger partial charge in [-0.25, -0.2) is 0 Å². The molecule has 6 N–H and O–H groups in total. The van der Waals surface area contributed by atoms with Crippen LogP contribution in [0.1, 0.15) is 12.8 Å². The molecule has 0 heterocycles. The Labute approximate surface area is 120 Å². The summed E-state index contributed by atoms with van der Waals surface area (Å²) in [6.07, 6.45) is -0.584. The van der Waals surface area contributed by atoms with Gasteiger partial charge in [-0.2, -0.15) is 12.6 Å². The van der Waals surface area contributed by atoms with Crippen molar-refractivity contribution in [2.24, 2.45) is 11.5 Å². The van der Waals surface area contributed by atoms with Crippen LogP contribution in [0, 0.1) is 0 Å². The summed E-state index contributed by atoms with van der Waals surface area (Å²) in [6.45, 7) is -0.846. The highest BCUT2D eigenvalue weighted by molar-refractivity contribution is 7.80. The average molecular weight is 307 g/mol. The third-order valence-corrected chi connectivity index (χ3v) is 2.75. The van der Waals surface area contributed by atoms with E-state index in [1.807, 2.05) is 0 Å². The fraction of sp³-hybridized carbons (Fsp3) is 0.600. The van der Waals surface area contributed by atoms with Gasteiger partial charge in [0.1, 0.15) is 12.6 Å². The molecule has 0 aliphatic carbocycles. The first-order valence-electron chi connectivity index (χ1n) is 5.61. The number of hydrogen-bond donors (Lipinski definition) is 5. The van der Waals surface area contributed by atoms with E-state index in [1.54, 1.807) is 0 Å². The highest BCUT2D eigenvalue weighted by Gasteiger charge is 2.28. The van der Waals surface area contributed by atoms with Crippen LogP contribution in [0.15, 0.2) is 0 Å². The Bertz CT molecular complexity index is 402. The van der Waals surface area contributed by atoms with Crippen molar-refractivity contribution in [1.29, 1.82) is 0 Å². The number of carbonyl (C=O) groups is 4. The van der Waals surface area contributed by atoms with Crippen molar-refractivity contribution in [2.45, 2.75) is 24.9 Å². The second kappa shape index (κ2) is 8.51. The smallest absolute Gasteiger partial charge is 0.323 e. The van der Waals surface area contributed by atoms with E-state index < -0.39 is 42.4 Å². The third kappa shape index (κ3) is 5.99. The summed E-state index contributed by atoms with van der Waals surface area (Å²) in [5.41, 5.74) is 10.6. The van der Waals surface area contributed by atoms with Gasteiger partial charge >= 0.3 is 11.9 Å². The van der Waals surface area contributed by atoms with Crippen LogP contribution in [0.3, 0.4) is 0 Å². The van der Waals surface area contributed by atoms with Crippen LogP contribution in [0.2, 0.25) is 0 Å². The summed E-state index contributed by atoms with van der Waals surface area (Å²) in [5, 5.41) is 17.3. The van der Waals surface area contributed by atoms with Crippen LogP contribution in [0.25, 0.3) is 0 Å². The zero-order chi connectivity index (χ0) is 15.9. The molecule has 0 aliphatic rings. The second-order valence-corrected chi connectivity index (χ2v) is 4.35. The lowest BCUT2D eigenvalue weighted by Gasteiger charge is -2.22. The zero-order valence-electron chi connectivity index (χ0n) is 10.6. The molecule has 0 bridgehead atoms. The minimum atomic E-state index is -1.39. The lowest BCUT2D eigenvalue weighted by Crippen LogP contribution is -2.49. The normalized spacial score (nSPS) is 13.3. The largest absolute Gasteiger partial charge is 0.480 e. The lowest BCUT2D eigenvalue weighted by molar-refractivity contribution is -0.153. The highest BCUT2D eigenvalue weighted by atomic mass is 32.1. The Hall–Kier alpha value is -1.65. The van der Waals surface area contributed by atoms with E-state index in [4.69, 9.17) is 21.7 Å². The third-order valence-electron chi connectivity index (χ3n) is 2.36. The lowest BCUT2D eigenvalue weighted by atomic mass is 10.1. The van der Waals surface area contributed by atoms with E-state index in [0.29, 0.717) is 4.90 Å². The molecule has 10 heteroatoms. The Kier molecular flexibility index (Phi) is 7.80. The predicted octanol–water partition coefficient (Wildman–Crippen LogP) is -2.12. The number of carboxylic acids is 2. The van der Waals surface area contributed by atoms with Crippen LogP contribution in [-0.2, 0) is 19.2 Å². The van der Waals surface area contributed by atoms with Crippen molar-refractivity contribution in [3.8, 4) is 0 Å². The van der Waals surface area contributed by atoms with Crippen molar-refractivity contribution >= 4 is 36.4 Å². The number of hydrogen-bond acceptors (Lipinski definition) is 7. The van der Waals surface area contributed by atoms with Crippen LogP contribution in [0.5, 0.6) is 0 Å². The maximum atomic E-state index is 11.8. The molecule has 9 nitrogen and oxygen atoms in total. The maximum Gasteiger partial charge on any atom is 0.323 e. The molecule has 0 saturated heterocycles. The highest BCUT2D eigenvalue weighted by Crippen LogP contribution is 2.04. The quantitative estimate of drug-likeness (QED) is 0.317. The number of carbonyl (C=O) groups excluding carboxylic acids is 2. The molecule has 0 aliphatic heterocycles. The second-order valence-electron chi connectivity index (χ2n) is 3.98. The Balaban J connectivity index is 4.77. The predicted molar refractivity (Wildman–Crippen MR) is 71.0 cm³/mol. The maximum absolute atomic E-state index is 11.8. The number of carboxylic acid groups (broad SMARTS) is 2. The van der Waals surface area contributed by atoms with Gasteiger partial charge in [0.2, 0.25) is 11.8 Å². The van der Waals surface area contributed by atoms with Crippen LogP contribution in [-0.4, -0.2) is 63.2 Å². The molecule has 0 fully saturated rings. The van der Waals surface area contributed by atoms with Gasteiger partial charge in [0.05, 0.1) is 6.04 Å². The molecule has 0 unspecified atom stereocenters. The van der Waals surface area contributed by atoms with E-state index in [9.17, 15) is 19.2 Å². The fourth-order valence-corrected chi connectivity index (χ4v) is 1.40. The van der Waals surface area contributed by atoms with Gasteiger partial charge in [-0.1, -0.05) is 0 Å². The molecule has 20 heavy (non-hydrogen) atoms. The average Bonchev–Trinajstić information content (AvgIpc) is 2.39. The number of amides is 2. The topological polar surface area (TPSA) is 164 Å².